The van der Waals surface area contributed by atoms with Crippen molar-refractivity contribution < 1.29 is 9.59 Å². The van der Waals surface area contributed by atoms with Crippen molar-refractivity contribution in [2.75, 3.05) is 43.4 Å². The topological polar surface area (TPSA) is 43.9 Å². The predicted molar refractivity (Wildman–Crippen MR) is 113 cm³/mol. The van der Waals surface area contributed by atoms with E-state index in [9.17, 15) is 9.59 Å². The Kier molecular flexibility index (Phi) is 5.69. The number of carbonyl (C=O) groups is 2. The fourth-order valence-electron chi connectivity index (χ4n) is 3.71. The number of nitrogens with zero attached hydrogens (tertiary/aromatic N) is 3. The number of hydrogen-bond donors (Lipinski definition) is 0. The minimum atomic E-state index is 0.0955. The maximum absolute atomic E-state index is 12.8. The third kappa shape index (κ3) is 3.93. The average Bonchev–Trinajstić information content (AvgIpc) is 2.76. The standard InChI is InChI=1S/C22H25N3O2S/c1-2-23-11-13-24(14-12-23)22(27)18-9-7-17(8-10-18)15-25-19-5-3-4-6-20(19)28-16-21(25)26/h3-10H,2,11-16H2,1H3. The number of thioether (sulfide) groups is 1. The van der Waals surface area contributed by atoms with Crippen LogP contribution in [-0.4, -0.2) is 60.1 Å². The van der Waals surface area contributed by atoms with Crippen LogP contribution in [0, 0.1) is 0 Å². The van der Waals surface area contributed by atoms with Crippen LogP contribution in [0.15, 0.2) is 53.4 Å². The first-order chi connectivity index (χ1) is 13.7. The minimum absolute atomic E-state index is 0.0955. The summed E-state index contributed by atoms with van der Waals surface area (Å²) >= 11 is 1.59. The van der Waals surface area contributed by atoms with Gasteiger partial charge in [-0.15, -0.1) is 11.8 Å². The molecule has 2 aromatic carbocycles. The van der Waals surface area contributed by atoms with Crippen LogP contribution >= 0.6 is 11.8 Å². The highest BCUT2D eigenvalue weighted by Gasteiger charge is 2.25. The second-order valence-electron chi connectivity index (χ2n) is 7.16. The lowest BCUT2D eigenvalue weighted by molar-refractivity contribution is -0.116. The fraction of sp³-hybridized carbons (Fsp3) is 0.364. The zero-order valence-electron chi connectivity index (χ0n) is 16.1. The number of likely N-dealkylation sites (N-methyl/N-ethyl adjacent to an activating group) is 1. The second-order valence-corrected chi connectivity index (χ2v) is 8.18. The Bertz CT molecular complexity index is 860. The zero-order valence-corrected chi connectivity index (χ0v) is 17.0. The van der Waals surface area contributed by atoms with Crippen LogP contribution in [0.5, 0.6) is 0 Å². The number of amides is 2. The highest BCUT2D eigenvalue weighted by molar-refractivity contribution is 8.00. The summed E-state index contributed by atoms with van der Waals surface area (Å²) < 4.78 is 0. The number of anilines is 1. The molecule has 4 rings (SSSR count). The highest BCUT2D eigenvalue weighted by Crippen LogP contribution is 2.35. The van der Waals surface area contributed by atoms with Gasteiger partial charge in [0.2, 0.25) is 5.91 Å². The molecule has 0 atom stereocenters. The second kappa shape index (κ2) is 8.37. The van der Waals surface area contributed by atoms with Crippen LogP contribution in [0.2, 0.25) is 0 Å². The molecule has 1 saturated heterocycles. The van der Waals surface area contributed by atoms with E-state index < -0.39 is 0 Å². The normalized spacial score (nSPS) is 17.5. The maximum atomic E-state index is 12.8. The number of fused-ring (bicyclic) bond motifs is 1. The van der Waals surface area contributed by atoms with Crippen molar-refractivity contribution in [3.63, 3.8) is 0 Å². The van der Waals surface area contributed by atoms with Crippen molar-refractivity contribution in [3.8, 4) is 0 Å². The Morgan fingerprint density at radius 3 is 2.43 bits per heavy atom. The van der Waals surface area contributed by atoms with Crippen molar-refractivity contribution in [3.05, 3.63) is 59.7 Å². The van der Waals surface area contributed by atoms with Crippen LogP contribution < -0.4 is 4.90 Å². The Morgan fingerprint density at radius 2 is 1.71 bits per heavy atom. The van der Waals surface area contributed by atoms with E-state index in [1.165, 1.54) is 0 Å². The van der Waals surface area contributed by atoms with Crippen LogP contribution in [0.1, 0.15) is 22.8 Å². The Morgan fingerprint density at radius 1 is 1.00 bits per heavy atom. The van der Waals surface area contributed by atoms with Gasteiger partial charge in [0.25, 0.3) is 5.91 Å². The summed E-state index contributed by atoms with van der Waals surface area (Å²) in [6.07, 6.45) is 0. The first-order valence-electron chi connectivity index (χ1n) is 9.78. The molecule has 6 heteroatoms. The average molecular weight is 396 g/mol. The van der Waals surface area contributed by atoms with E-state index in [2.05, 4.69) is 17.9 Å². The number of rotatable bonds is 4. The zero-order chi connectivity index (χ0) is 19.5. The van der Waals surface area contributed by atoms with Gasteiger partial charge in [-0.2, -0.15) is 0 Å². The monoisotopic (exact) mass is 395 g/mol. The molecule has 0 bridgehead atoms. The molecule has 0 radical (unpaired) electrons. The fourth-order valence-corrected chi connectivity index (χ4v) is 4.65. The number of piperazine rings is 1. The summed E-state index contributed by atoms with van der Waals surface area (Å²) in [4.78, 5) is 32.5. The number of para-hydroxylation sites is 1. The molecule has 146 valence electrons. The van der Waals surface area contributed by atoms with E-state index in [-0.39, 0.29) is 11.8 Å². The smallest absolute Gasteiger partial charge is 0.253 e. The number of carbonyl (C=O) groups excluding carboxylic acids is 2. The van der Waals surface area contributed by atoms with Crippen LogP contribution in [0.4, 0.5) is 5.69 Å². The van der Waals surface area contributed by atoms with Gasteiger partial charge in [-0.05, 0) is 36.4 Å². The summed E-state index contributed by atoms with van der Waals surface area (Å²) in [6, 6.07) is 15.7. The summed E-state index contributed by atoms with van der Waals surface area (Å²) in [5.41, 5.74) is 2.72. The quantitative estimate of drug-likeness (QED) is 0.798. The van der Waals surface area contributed by atoms with E-state index in [0.717, 1.165) is 54.4 Å². The summed E-state index contributed by atoms with van der Waals surface area (Å²) in [5, 5.41) is 0. The van der Waals surface area contributed by atoms with Gasteiger partial charge >= 0.3 is 0 Å². The van der Waals surface area contributed by atoms with Crippen molar-refractivity contribution in [2.24, 2.45) is 0 Å². The Hall–Kier alpha value is -2.31. The van der Waals surface area contributed by atoms with Gasteiger partial charge in [0.15, 0.2) is 0 Å². The molecule has 0 spiro atoms. The Balaban J connectivity index is 1.44. The molecule has 5 nitrogen and oxygen atoms in total. The van der Waals surface area contributed by atoms with Gasteiger partial charge in [-0.3, -0.25) is 9.59 Å². The summed E-state index contributed by atoms with van der Waals surface area (Å²) in [6.45, 7) is 7.16. The molecular formula is C22H25N3O2S. The molecule has 2 heterocycles. The molecule has 0 unspecified atom stereocenters. The molecule has 2 aliphatic rings. The van der Waals surface area contributed by atoms with Crippen molar-refractivity contribution in [2.45, 2.75) is 18.4 Å². The van der Waals surface area contributed by atoms with Gasteiger partial charge in [0, 0.05) is 36.6 Å². The highest BCUT2D eigenvalue weighted by atomic mass is 32.2. The molecule has 2 aromatic rings. The van der Waals surface area contributed by atoms with Crippen LogP contribution in [0.25, 0.3) is 0 Å². The largest absolute Gasteiger partial charge is 0.336 e. The maximum Gasteiger partial charge on any atom is 0.253 e. The molecule has 2 amide bonds. The van der Waals surface area contributed by atoms with Crippen molar-refractivity contribution in [1.82, 2.24) is 9.80 Å². The van der Waals surface area contributed by atoms with Gasteiger partial charge in [-0.1, -0.05) is 31.2 Å². The van der Waals surface area contributed by atoms with Gasteiger partial charge < -0.3 is 14.7 Å². The minimum Gasteiger partial charge on any atom is -0.336 e. The molecule has 0 N–H and O–H groups in total. The summed E-state index contributed by atoms with van der Waals surface area (Å²) in [7, 11) is 0. The first-order valence-corrected chi connectivity index (χ1v) is 10.8. The van der Waals surface area contributed by atoms with Crippen molar-refractivity contribution in [1.29, 1.82) is 0 Å². The predicted octanol–water partition coefficient (Wildman–Crippen LogP) is 3.10. The van der Waals surface area contributed by atoms with E-state index in [4.69, 9.17) is 0 Å². The Labute approximate surface area is 170 Å². The van der Waals surface area contributed by atoms with E-state index in [1.54, 1.807) is 11.8 Å². The lowest BCUT2D eigenvalue weighted by atomic mass is 10.1. The van der Waals surface area contributed by atoms with Gasteiger partial charge in [-0.25, -0.2) is 0 Å². The molecule has 0 aromatic heterocycles. The van der Waals surface area contributed by atoms with E-state index in [1.807, 2.05) is 52.3 Å². The van der Waals surface area contributed by atoms with Gasteiger partial charge in [0.05, 0.1) is 18.0 Å². The third-order valence-corrected chi connectivity index (χ3v) is 6.50. The van der Waals surface area contributed by atoms with Crippen molar-refractivity contribution >= 4 is 29.3 Å². The van der Waals surface area contributed by atoms with Crippen LogP contribution in [-0.2, 0) is 11.3 Å². The lowest BCUT2D eigenvalue weighted by Crippen LogP contribution is -2.48. The molecular weight excluding hydrogens is 370 g/mol. The third-order valence-electron chi connectivity index (χ3n) is 5.46. The lowest BCUT2D eigenvalue weighted by Gasteiger charge is -2.34. The van der Waals surface area contributed by atoms with E-state index >= 15 is 0 Å². The number of benzene rings is 2. The SMILES string of the molecule is CCN1CCN(C(=O)c2ccc(CN3C(=O)CSc4ccccc43)cc2)CC1. The molecule has 2 aliphatic heterocycles. The molecule has 0 aliphatic carbocycles. The van der Waals surface area contributed by atoms with Crippen LogP contribution in [0.3, 0.4) is 0 Å². The molecule has 28 heavy (non-hydrogen) atoms. The first kappa shape index (κ1) is 19.0. The molecule has 1 fully saturated rings. The number of hydrogen-bond acceptors (Lipinski definition) is 4. The van der Waals surface area contributed by atoms with E-state index in [0.29, 0.717) is 12.3 Å². The van der Waals surface area contributed by atoms with Gasteiger partial charge in [0.1, 0.15) is 0 Å². The molecule has 0 saturated carbocycles. The summed E-state index contributed by atoms with van der Waals surface area (Å²) in [5.74, 6) is 0.688.